The highest BCUT2D eigenvalue weighted by atomic mass is 16.5. The molecule has 0 aliphatic heterocycles. The van der Waals surface area contributed by atoms with Crippen LogP contribution in [0.2, 0.25) is 0 Å². The molecule has 2 aliphatic carbocycles. The first-order chi connectivity index (χ1) is 11.5. The van der Waals surface area contributed by atoms with E-state index in [1.54, 1.807) is 0 Å². The molecule has 1 saturated carbocycles. The summed E-state index contributed by atoms with van der Waals surface area (Å²) in [5, 5.41) is 3.09. The van der Waals surface area contributed by atoms with Crippen LogP contribution in [0.5, 0.6) is 5.75 Å². The van der Waals surface area contributed by atoms with Crippen LogP contribution in [0.4, 0.5) is 0 Å². The van der Waals surface area contributed by atoms with Gasteiger partial charge in [0.1, 0.15) is 5.75 Å². The molecule has 4 heteroatoms. The lowest BCUT2D eigenvalue weighted by Crippen LogP contribution is -2.43. The summed E-state index contributed by atoms with van der Waals surface area (Å²) in [5.41, 5.74) is 2.89. The highest BCUT2D eigenvalue weighted by Crippen LogP contribution is 2.40. The molecule has 24 heavy (non-hydrogen) atoms. The number of benzene rings is 1. The highest BCUT2D eigenvalue weighted by Gasteiger charge is 2.31. The van der Waals surface area contributed by atoms with Crippen LogP contribution in [-0.2, 0) is 4.79 Å². The van der Waals surface area contributed by atoms with Crippen LogP contribution >= 0.6 is 0 Å². The number of amides is 1. The Bertz CT molecular complexity index is 653. The lowest BCUT2D eigenvalue weighted by Gasteiger charge is -2.29. The standard InChI is InChI=1S/C20H27NO3/c1-12-6-4-5-7-15(12)21-18(23)11-24-17-9-8-13(2)19-14(3)10-16(22)20(17)19/h8-9,12,14-15H,4-7,10-11H2,1-3H3,(H,21,23). The zero-order valence-corrected chi connectivity index (χ0v) is 14.9. The Labute approximate surface area is 144 Å². The Morgan fingerprint density at radius 1 is 1.25 bits per heavy atom. The van der Waals surface area contributed by atoms with Crippen LogP contribution in [0.15, 0.2) is 12.1 Å². The molecule has 3 unspecified atom stereocenters. The van der Waals surface area contributed by atoms with Gasteiger partial charge in [-0.1, -0.05) is 32.8 Å². The third kappa shape index (κ3) is 3.33. The first-order valence-electron chi connectivity index (χ1n) is 9.06. The van der Waals surface area contributed by atoms with Gasteiger partial charge in [0.05, 0.1) is 5.56 Å². The number of ether oxygens (including phenoxy) is 1. The van der Waals surface area contributed by atoms with Crippen molar-refractivity contribution >= 4 is 11.7 Å². The molecule has 1 aromatic rings. The van der Waals surface area contributed by atoms with E-state index in [0.29, 0.717) is 23.7 Å². The van der Waals surface area contributed by atoms with Crippen molar-refractivity contribution in [3.63, 3.8) is 0 Å². The van der Waals surface area contributed by atoms with Gasteiger partial charge in [-0.15, -0.1) is 0 Å². The first-order valence-corrected chi connectivity index (χ1v) is 9.06. The van der Waals surface area contributed by atoms with Crippen molar-refractivity contribution in [1.29, 1.82) is 0 Å². The van der Waals surface area contributed by atoms with Crippen LogP contribution in [-0.4, -0.2) is 24.3 Å². The van der Waals surface area contributed by atoms with Gasteiger partial charge in [-0.05, 0) is 48.8 Å². The van der Waals surface area contributed by atoms with Gasteiger partial charge in [-0.25, -0.2) is 0 Å². The number of carbonyl (C=O) groups is 2. The number of hydrogen-bond donors (Lipinski definition) is 1. The Morgan fingerprint density at radius 2 is 2.00 bits per heavy atom. The van der Waals surface area contributed by atoms with Crippen molar-refractivity contribution in [2.45, 2.75) is 64.8 Å². The van der Waals surface area contributed by atoms with Crippen LogP contribution < -0.4 is 10.1 Å². The van der Waals surface area contributed by atoms with Crippen molar-refractivity contribution < 1.29 is 14.3 Å². The lowest BCUT2D eigenvalue weighted by atomic mass is 9.86. The van der Waals surface area contributed by atoms with E-state index >= 15 is 0 Å². The average molecular weight is 329 g/mol. The van der Waals surface area contributed by atoms with Gasteiger partial charge in [-0.3, -0.25) is 9.59 Å². The summed E-state index contributed by atoms with van der Waals surface area (Å²) in [7, 11) is 0. The molecule has 1 amide bonds. The molecule has 1 fully saturated rings. The van der Waals surface area contributed by atoms with Crippen LogP contribution in [0.1, 0.15) is 73.4 Å². The van der Waals surface area contributed by atoms with E-state index in [9.17, 15) is 9.59 Å². The van der Waals surface area contributed by atoms with E-state index in [0.717, 1.165) is 17.5 Å². The number of nitrogens with one attached hydrogen (secondary N) is 1. The molecule has 0 spiro atoms. The molecule has 0 radical (unpaired) electrons. The van der Waals surface area contributed by atoms with E-state index < -0.39 is 0 Å². The summed E-state index contributed by atoms with van der Waals surface area (Å²) in [6.07, 6.45) is 5.17. The summed E-state index contributed by atoms with van der Waals surface area (Å²) in [6.45, 7) is 6.25. The number of ketones is 1. The zero-order chi connectivity index (χ0) is 17.3. The summed E-state index contributed by atoms with van der Waals surface area (Å²) in [6, 6.07) is 4.05. The largest absolute Gasteiger partial charge is 0.483 e. The third-order valence-corrected chi connectivity index (χ3v) is 5.51. The van der Waals surface area contributed by atoms with E-state index in [1.165, 1.54) is 19.3 Å². The monoisotopic (exact) mass is 329 g/mol. The molecule has 0 heterocycles. The minimum absolute atomic E-state index is 0.0274. The van der Waals surface area contributed by atoms with E-state index in [2.05, 4.69) is 19.2 Å². The number of aryl methyl sites for hydroxylation is 1. The minimum atomic E-state index is -0.0958. The number of Topliss-reactive ketones (excluding diaryl/α,β-unsaturated/α-hetero) is 1. The highest BCUT2D eigenvalue weighted by molar-refractivity contribution is 6.04. The third-order valence-electron chi connectivity index (χ3n) is 5.51. The lowest BCUT2D eigenvalue weighted by molar-refractivity contribution is -0.124. The predicted octanol–water partition coefficient (Wildman–Crippen LogP) is 3.76. The molecule has 0 bridgehead atoms. The van der Waals surface area contributed by atoms with Crippen molar-refractivity contribution in [3.8, 4) is 5.75 Å². The molecule has 3 atom stereocenters. The smallest absolute Gasteiger partial charge is 0.258 e. The number of fused-ring (bicyclic) bond motifs is 1. The summed E-state index contributed by atoms with van der Waals surface area (Å²) in [4.78, 5) is 24.5. The SMILES string of the molecule is Cc1ccc(OCC(=O)NC2CCCCC2C)c2c1C(C)CC2=O. The van der Waals surface area contributed by atoms with Gasteiger partial charge in [0.2, 0.25) is 0 Å². The van der Waals surface area contributed by atoms with Crippen molar-refractivity contribution in [1.82, 2.24) is 5.32 Å². The molecule has 0 aromatic heterocycles. The maximum atomic E-state index is 12.3. The van der Waals surface area contributed by atoms with Gasteiger partial charge in [0.15, 0.2) is 12.4 Å². The quantitative estimate of drug-likeness (QED) is 0.915. The van der Waals surface area contributed by atoms with Gasteiger partial charge in [0, 0.05) is 12.5 Å². The van der Waals surface area contributed by atoms with Gasteiger partial charge in [-0.2, -0.15) is 0 Å². The van der Waals surface area contributed by atoms with Crippen molar-refractivity contribution in [2.24, 2.45) is 5.92 Å². The first kappa shape index (κ1) is 17.0. The second kappa shape index (κ2) is 6.96. The van der Waals surface area contributed by atoms with Crippen molar-refractivity contribution in [2.75, 3.05) is 6.61 Å². The Morgan fingerprint density at radius 3 is 2.75 bits per heavy atom. The molecular weight excluding hydrogens is 302 g/mol. The fourth-order valence-electron chi connectivity index (χ4n) is 4.15. The predicted molar refractivity (Wildman–Crippen MR) is 93.6 cm³/mol. The van der Waals surface area contributed by atoms with Crippen LogP contribution in [0.25, 0.3) is 0 Å². The number of carbonyl (C=O) groups excluding carboxylic acids is 2. The maximum absolute atomic E-state index is 12.3. The average Bonchev–Trinajstić information content (AvgIpc) is 2.85. The maximum Gasteiger partial charge on any atom is 0.258 e. The van der Waals surface area contributed by atoms with Crippen LogP contribution in [0, 0.1) is 12.8 Å². The molecule has 130 valence electrons. The van der Waals surface area contributed by atoms with Gasteiger partial charge >= 0.3 is 0 Å². The second-order valence-corrected chi connectivity index (χ2v) is 7.42. The van der Waals surface area contributed by atoms with Crippen molar-refractivity contribution in [3.05, 3.63) is 28.8 Å². The van der Waals surface area contributed by atoms with Crippen LogP contribution in [0.3, 0.4) is 0 Å². The molecule has 0 saturated heterocycles. The molecular formula is C20H27NO3. The Kier molecular flexibility index (Phi) is 4.93. The summed E-state index contributed by atoms with van der Waals surface area (Å²) < 4.78 is 5.73. The summed E-state index contributed by atoms with van der Waals surface area (Å²) >= 11 is 0. The summed E-state index contributed by atoms with van der Waals surface area (Å²) in [5.74, 6) is 1.33. The molecule has 1 N–H and O–H groups in total. The molecule has 1 aromatic carbocycles. The van der Waals surface area contributed by atoms with E-state index in [-0.39, 0.29) is 30.3 Å². The fourth-order valence-corrected chi connectivity index (χ4v) is 4.15. The minimum Gasteiger partial charge on any atom is -0.483 e. The van der Waals surface area contributed by atoms with E-state index in [4.69, 9.17) is 4.74 Å². The number of hydrogen-bond acceptors (Lipinski definition) is 3. The molecule has 2 aliphatic rings. The van der Waals surface area contributed by atoms with Gasteiger partial charge < -0.3 is 10.1 Å². The topological polar surface area (TPSA) is 55.4 Å². The molecule has 3 rings (SSSR count). The fraction of sp³-hybridized carbons (Fsp3) is 0.600. The molecule has 4 nitrogen and oxygen atoms in total. The number of rotatable bonds is 4. The second-order valence-electron chi connectivity index (χ2n) is 7.42. The zero-order valence-electron chi connectivity index (χ0n) is 14.9. The normalized spacial score (nSPS) is 26.1. The van der Waals surface area contributed by atoms with Gasteiger partial charge in [0.25, 0.3) is 5.91 Å². The Balaban J connectivity index is 1.65. The Hall–Kier alpha value is -1.84. The van der Waals surface area contributed by atoms with E-state index in [1.807, 2.05) is 19.1 Å².